The number of aromatic nitrogens is 2. The van der Waals surface area contributed by atoms with E-state index in [-0.39, 0.29) is 23.5 Å². The molecule has 0 radical (unpaired) electrons. The fourth-order valence-corrected chi connectivity index (χ4v) is 2.91. The Morgan fingerprint density at radius 2 is 1.96 bits per heavy atom. The van der Waals surface area contributed by atoms with Crippen LogP contribution in [0, 0.1) is 0 Å². The normalized spacial score (nSPS) is 20.1. The van der Waals surface area contributed by atoms with Gasteiger partial charge in [-0.05, 0) is 27.7 Å². The number of nitrogens with one attached hydrogen (secondary N) is 4. The average molecular weight is 370 g/mol. The maximum atomic E-state index is 12.4. The van der Waals surface area contributed by atoms with Crippen molar-refractivity contribution in [3.8, 4) is 11.3 Å². The monoisotopic (exact) mass is 370 g/mol. The zero-order chi connectivity index (χ0) is 19.6. The number of rotatable bonds is 3. The summed E-state index contributed by atoms with van der Waals surface area (Å²) in [6.45, 7) is 7.66. The first kappa shape index (κ1) is 18.9. The molecule has 3 rings (SSSR count). The summed E-state index contributed by atoms with van der Waals surface area (Å²) in [6, 6.07) is 11.1. The minimum Gasteiger partial charge on any atom is -0.333 e. The number of nitrogens with zero attached hydrogens (tertiary/aromatic N) is 2. The molecule has 1 aliphatic heterocycles. The maximum Gasteiger partial charge on any atom is 0.320 e. The first-order chi connectivity index (χ1) is 12.7. The van der Waals surface area contributed by atoms with Crippen molar-refractivity contribution in [1.82, 2.24) is 25.7 Å². The molecule has 144 valence electrons. The van der Waals surface area contributed by atoms with Gasteiger partial charge < -0.3 is 10.6 Å². The number of hydrogen-bond donors (Lipinski definition) is 4. The van der Waals surface area contributed by atoms with Crippen LogP contribution in [0.25, 0.3) is 11.3 Å². The summed E-state index contributed by atoms with van der Waals surface area (Å²) in [7, 11) is 0. The molecule has 0 saturated carbocycles. The molecule has 0 bridgehead atoms. The lowest BCUT2D eigenvalue weighted by Crippen LogP contribution is -2.52. The Labute approximate surface area is 158 Å². The third-order valence-corrected chi connectivity index (χ3v) is 4.01. The fourth-order valence-electron chi connectivity index (χ4n) is 2.91. The molecule has 2 aromatic rings. The Balaban J connectivity index is 1.93. The molecular weight excluding hydrogens is 344 g/mol. The van der Waals surface area contributed by atoms with Crippen LogP contribution in [0.15, 0.2) is 36.4 Å². The Bertz CT molecular complexity index is 824. The lowest BCUT2D eigenvalue weighted by Gasteiger charge is -2.30. The molecule has 3 amide bonds. The predicted molar refractivity (Wildman–Crippen MR) is 104 cm³/mol. The van der Waals surface area contributed by atoms with E-state index in [1.54, 1.807) is 10.7 Å². The van der Waals surface area contributed by atoms with Crippen LogP contribution in [0.1, 0.15) is 40.4 Å². The van der Waals surface area contributed by atoms with E-state index in [4.69, 9.17) is 0 Å². The number of carbonyl (C=O) groups is 2. The van der Waals surface area contributed by atoms with Crippen LogP contribution in [0.3, 0.4) is 0 Å². The zero-order valence-corrected chi connectivity index (χ0v) is 16.0. The zero-order valence-electron chi connectivity index (χ0n) is 16.0. The van der Waals surface area contributed by atoms with Gasteiger partial charge in [0.15, 0.2) is 6.29 Å². The standard InChI is InChI=1S/C19H26N6O2/c1-12-10-16(26)22-17(20-12)25-15(21-18(27)23-19(2,3)4)11-14(24-25)13-8-6-5-7-9-13/h5-9,11-12,17,20H,10H2,1-4H3,(H,22,26)(H2,21,23,27). The fraction of sp³-hybridized carbons (Fsp3) is 0.421. The third kappa shape index (κ3) is 4.85. The molecule has 1 aromatic carbocycles. The van der Waals surface area contributed by atoms with E-state index in [1.165, 1.54) is 0 Å². The Kier molecular flexibility index (Phi) is 5.18. The van der Waals surface area contributed by atoms with Gasteiger partial charge in [0.1, 0.15) is 5.82 Å². The second kappa shape index (κ2) is 7.40. The molecular formula is C19H26N6O2. The number of urea groups is 1. The largest absolute Gasteiger partial charge is 0.333 e. The molecule has 4 N–H and O–H groups in total. The highest BCUT2D eigenvalue weighted by atomic mass is 16.2. The van der Waals surface area contributed by atoms with Gasteiger partial charge in [0.2, 0.25) is 5.91 Å². The van der Waals surface area contributed by atoms with Crippen LogP contribution < -0.4 is 21.3 Å². The number of amides is 3. The van der Waals surface area contributed by atoms with Crippen LogP contribution in [-0.2, 0) is 4.79 Å². The summed E-state index contributed by atoms with van der Waals surface area (Å²) in [5.74, 6) is 0.426. The van der Waals surface area contributed by atoms with E-state index in [1.807, 2.05) is 58.0 Å². The van der Waals surface area contributed by atoms with Crippen LogP contribution in [-0.4, -0.2) is 33.3 Å². The third-order valence-electron chi connectivity index (χ3n) is 4.01. The molecule has 0 aliphatic carbocycles. The highest BCUT2D eigenvalue weighted by Crippen LogP contribution is 2.24. The second-order valence-corrected chi connectivity index (χ2v) is 7.80. The summed E-state index contributed by atoms with van der Waals surface area (Å²) in [6.07, 6.45) is -0.139. The molecule has 1 aliphatic rings. The van der Waals surface area contributed by atoms with Crippen LogP contribution in [0.2, 0.25) is 0 Å². The molecule has 8 heteroatoms. The van der Waals surface area contributed by atoms with E-state index in [9.17, 15) is 9.59 Å². The molecule has 8 nitrogen and oxygen atoms in total. The van der Waals surface area contributed by atoms with Gasteiger partial charge in [-0.2, -0.15) is 5.10 Å². The van der Waals surface area contributed by atoms with E-state index in [0.29, 0.717) is 17.9 Å². The van der Waals surface area contributed by atoms with Crippen molar-refractivity contribution in [2.24, 2.45) is 0 Å². The van der Waals surface area contributed by atoms with Crippen molar-refractivity contribution in [1.29, 1.82) is 0 Å². The van der Waals surface area contributed by atoms with Gasteiger partial charge in [0.05, 0.1) is 5.69 Å². The molecule has 27 heavy (non-hydrogen) atoms. The minimum absolute atomic E-state index is 0.00405. The van der Waals surface area contributed by atoms with Gasteiger partial charge in [-0.3, -0.25) is 15.4 Å². The number of hydrogen-bond acceptors (Lipinski definition) is 4. The highest BCUT2D eigenvalue weighted by Gasteiger charge is 2.27. The SMILES string of the molecule is CC1CC(=O)NC(n2nc(-c3ccccc3)cc2NC(=O)NC(C)(C)C)N1. The number of carbonyl (C=O) groups excluding carboxylic acids is 2. The molecule has 2 heterocycles. The summed E-state index contributed by atoms with van der Waals surface area (Å²) in [4.78, 5) is 24.3. The lowest BCUT2D eigenvalue weighted by molar-refractivity contribution is -0.125. The van der Waals surface area contributed by atoms with E-state index < -0.39 is 6.29 Å². The highest BCUT2D eigenvalue weighted by molar-refractivity contribution is 5.89. The Hall–Kier alpha value is -2.87. The average Bonchev–Trinajstić information content (AvgIpc) is 2.96. The van der Waals surface area contributed by atoms with Crippen molar-refractivity contribution in [2.75, 3.05) is 5.32 Å². The summed E-state index contributed by atoms with van der Waals surface area (Å²) in [5.41, 5.74) is 1.25. The van der Waals surface area contributed by atoms with Gasteiger partial charge in [0, 0.05) is 29.6 Å². The van der Waals surface area contributed by atoms with Gasteiger partial charge in [-0.15, -0.1) is 0 Å². The van der Waals surface area contributed by atoms with Crippen molar-refractivity contribution < 1.29 is 9.59 Å². The van der Waals surface area contributed by atoms with E-state index >= 15 is 0 Å². The molecule has 0 spiro atoms. The Morgan fingerprint density at radius 1 is 1.26 bits per heavy atom. The van der Waals surface area contributed by atoms with Crippen molar-refractivity contribution >= 4 is 17.8 Å². The van der Waals surface area contributed by atoms with Crippen molar-refractivity contribution in [2.45, 2.75) is 52.0 Å². The molecule has 2 unspecified atom stereocenters. The first-order valence-corrected chi connectivity index (χ1v) is 9.01. The van der Waals surface area contributed by atoms with Crippen molar-refractivity contribution in [3.05, 3.63) is 36.4 Å². The van der Waals surface area contributed by atoms with Crippen LogP contribution in [0.5, 0.6) is 0 Å². The topological polar surface area (TPSA) is 100 Å². The number of benzene rings is 1. The summed E-state index contributed by atoms with van der Waals surface area (Å²) < 4.78 is 1.60. The molecule has 1 aromatic heterocycles. The first-order valence-electron chi connectivity index (χ1n) is 9.01. The van der Waals surface area contributed by atoms with Crippen molar-refractivity contribution in [3.63, 3.8) is 0 Å². The van der Waals surface area contributed by atoms with Gasteiger partial charge in [-0.1, -0.05) is 30.3 Å². The molecule has 2 atom stereocenters. The Morgan fingerprint density at radius 3 is 2.59 bits per heavy atom. The van der Waals surface area contributed by atoms with Crippen LogP contribution >= 0.6 is 0 Å². The number of anilines is 1. The summed E-state index contributed by atoms with van der Waals surface area (Å²) >= 11 is 0. The van der Waals surface area contributed by atoms with Gasteiger partial charge in [0.25, 0.3) is 0 Å². The lowest BCUT2D eigenvalue weighted by atomic mass is 10.1. The minimum atomic E-state index is -0.538. The summed E-state index contributed by atoms with van der Waals surface area (Å²) in [5, 5.41) is 16.5. The molecule has 1 saturated heterocycles. The van der Waals surface area contributed by atoms with E-state index in [2.05, 4.69) is 26.4 Å². The smallest absolute Gasteiger partial charge is 0.320 e. The quantitative estimate of drug-likeness (QED) is 0.667. The van der Waals surface area contributed by atoms with E-state index in [0.717, 1.165) is 5.56 Å². The maximum absolute atomic E-state index is 12.4. The van der Waals surface area contributed by atoms with Gasteiger partial charge in [-0.25, -0.2) is 9.48 Å². The predicted octanol–water partition coefficient (Wildman–Crippen LogP) is 2.42. The van der Waals surface area contributed by atoms with Gasteiger partial charge >= 0.3 is 6.03 Å². The second-order valence-electron chi connectivity index (χ2n) is 7.80. The van der Waals surface area contributed by atoms with Crippen LogP contribution in [0.4, 0.5) is 10.6 Å². The molecule has 1 fully saturated rings.